The van der Waals surface area contributed by atoms with Crippen molar-refractivity contribution in [1.82, 2.24) is 4.31 Å². The standard InChI is InChI=1S/C14H20ClFN2O2S/c1-2-10-6-7-18(11(8-10)9-17)21(19,20)13-5-3-4-12(15)14(13)16/h3-5,10-11H,2,6-9,17H2,1H3. The number of hydrogen-bond donors (Lipinski definition) is 1. The van der Waals surface area contributed by atoms with E-state index >= 15 is 0 Å². The quantitative estimate of drug-likeness (QED) is 0.920. The molecule has 0 aromatic heterocycles. The summed E-state index contributed by atoms with van der Waals surface area (Å²) in [5, 5.41) is -0.191. The van der Waals surface area contributed by atoms with Crippen LogP contribution < -0.4 is 5.73 Å². The Labute approximate surface area is 130 Å². The summed E-state index contributed by atoms with van der Waals surface area (Å²) in [5.41, 5.74) is 5.73. The van der Waals surface area contributed by atoms with Crippen molar-refractivity contribution in [2.24, 2.45) is 11.7 Å². The van der Waals surface area contributed by atoms with E-state index in [9.17, 15) is 12.8 Å². The zero-order valence-corrected chi connectivity index (χ0v) is 13.5. The van der Waals surface area contributed by atoms with Gasteiger partial charge in [0.05, 0.1) is 5.02 Å². The second-order valence-corrected chi connectivity index (χ2v) is 7.62. The lowest BCUT2D eigenvalue weighted by atomic mass is 9.90. The first-order valence-electron chi connectivity index (χ1n) is 7.07. The smallest absolute Gasteiger partial charge is 0.246 e. The van der Waals surface area contributed by atoms with Crippen LogP contribution in [0, 0.1) is 11.7 Å². The van der Waals surface area contributed by atoms with Gasteiger partial charge in [-0.1, -0.05) is 31.0 Å². The van der Waals surface area contributed by atoms with Gasteiger partial charge in [0.2, 0.25) is 10.0 Å². The molecular formula is C14H20ClFN2O2S. The zero-order valence-electron chi connectivity index (χ0n) is 11.9. The Morgan fingerprint density at radius 1 is 1.48 bits per heavy atom. The largest absolute Gasteiger partial charge is 0.329 e. The molecule has 1 aliphatic heterocycles. The first-order valence-corrected chi connectivity index (χ1v) is 8.89. The number of nitrogens with zero attached hydrogens (tertiary/aromatic N) is 1. The van der Waals surface area contributed by atoms with Gasteiger partial charge in [-0.2, -0.15) is 4.31 Å². The molecule has 4 nitrogen and oxygen atoms in total. The third-order valence-electron chi connectivity index (χ3n) is 4.12. The van der Waals surface area contributed by atoms with Crippen LogP contribution in [0.1, 0.15) is 26.2 Å². The fourth-order valence-electron chi connectivity index (χ4n) is 2.82. The summed E-state index contributed by atoms with van der Waals surface area (Å²) in [6, 6.07) is 3.73. The van der Waals surface area contributed by atoms with Crippen LogP contribution in [0.2, 0.25) is 5.02 Å². The second-order valence-electron chi connectivity index (χ2n) is 5.36. The van der Waals surface area contributed by atoms with Crippen molar-refractivity contribution in [1.29, 1.82) is 0 Å². The molecule has 1 aromatic rings. The number of hydrogen-bond acceptors (Lipinski definition) is 3. The molecule has 2 atom stereocenters. The average Bonchev–Trinajstić information content (AvgIpc) is 2.49. The van der Waals surface area contributed by atoms with Gasteiger partial charge in [-0.05, 0) is 30.9 Å². The molecule has 0 saturated carbocycles. The minimum atomic E-state index is -3.91. The lowest BCUT2D eigenvalue weighted by molar-refractivity contribution is 0.197. The van der Waals surface area contributed by atoms with Crippen molar-refractivity contribution in [3.05, 3.63) is 29.0 Å². The van der Waals surface area contributed by atoms with E-state index in [1.165, 1.54) is 22.5 Å². The van der Waals surface area contributed by atoms with Gasteiger partial charge in [-0.3, -0.25) is 0 Å². The van der Waals surface area contributed by atoms with Gasteiger partial charge < -0.3 is 5.73 Å². The minimum absolute atomic E-state index is 0.191. The zero-order chi connectivity index (χ0) is 15.6. The maximum atomic E-state index is 14.1. The van der Waals surface area contributed by atoms with Gasteiger partial charge in [-0.25, -0.2) is 12.8 Å². The Hall–Kier alpha value is -0.690. The molecule has 7 heteroatoms. The van der Waals surface area contributed by atoms with E-state index in [0.717, 1.165) is 12.8 Å². The van der Waals surface area contributed by atoms with Gasteiger partial charge >= 0.3 is 0 Å². The predicted octanol–water partition coefficient (Wildman–Crippen LogP) is 2.62. The Bertz CT molecular complexity index is 609. The van der Waals surface area contributed by atoms with E-state index in [4.69, 9.17) is 17.3 Å². The molecule has 2 unspecified atom stereocenters. The molecule has 1 heterocycles. The fourth-order valence-corrected chi connectivity index (χ4v) is 4.80. The molecule has 1 aromatic carbocycles. The Morgan fingerprint density at radius 3 is 2.81 bits per heavy atom. The summed E-state index contributed by atoms with van der Waals surface area (Å²) in [4.78, 5) is -0.372. The van der Waals surface area contributed by atoms with Crippen molar-refractivity contribution in [2.75, 3.05) is 13.1 Å². The molecule has 21 heavy (non-hydrogen) atoms. The summed E-state index contributed by atoms with van der Waals surface area (Å²) < 4.78 is 40.8. The summed E-state index contributed by atoms with van der Waals surface area (Å²) in [6.07, 6.45) is 2.48. The molecule has 0 spiro atoms. The van der Waals surface area contributed by atoms with E-state index in [0.29, 0.717) is 18.9 Å². The molecule has 0 radical (unpaired) electrons. The third kappa shape index (κ3) is 3.23. The number of benzene rings is 1. The van der Waals surface area contributed by atoms with Crippen LogP contribution in [0.3, 0.4) is 0 Å². The highest BCUT2D eigenvalue weighted by atomic mass is 35.5. The molecule has 0 amide bonds. The normalized spacial score (nSPS) is 24.2. The van der Waals surface area contributed by atoms with Crippen LogP contribution in [-0.4, -0.2) is 31.9 Å². The van der Waals surface area contributed by atoms with Crippen molar-refractivity contribution in [3.8, 4) is 0 Å². The van der Waals surface area contributed by atoms with Crippen LogP contribution in [0.15, 0.2) is 23.1 Å². The predicted molar refractivity (Wildman–Crippen MR) is 81.2 cm³/mol. The van der Waals surface area contributed by atoms with Crippen LogP contribution in [0.25, 0.3) is 0 Å². The molecule has 2 N–H and O–H groups in total. The highest BCUT2D eigenvalue weighted by molar-refractivity contribution is 7.89. The van der Waals surface area contributed by atoms with E-state index in [-0.39, 0.29) is 22.5 Å². The summed E-state index contributed by atoms with van der Waals surface area (Å²) in [7, 11) is -3.91. The van der Waals surface area contributed by atoms with Gasteiger partial charge in [-0.15, -0.1) is 0 Å². The van der Waals surface area contributed by atoms with E-state index < -0.39 is 15.8 Å². The summed E-state index contributed by atoms with van der Waals surface area (Å²) in [5.74, 6) is -0.429. The van der Waals surface area contributed by atoms with Crippen molar-refractivity contribution in [3.63, 3.8) is 0 Å². The first-order chi connectivity index (χ1) is 9.91. The molecule has 0 aliphatic carbocycles. The fraction of sp³-hybridized carbons (Fsp3) is 0.571. The lowest BCUT2D eigenvalue weighted by Gasteiger charge is -2.37. The minimum Gasteiger partial charge on any atom is -0.329 e. The SMILES string of the molecule is CCC1CCN(S(=O)(=O)c2cccc(Cl)c2F)C(CN)C1. The van der Waals surface area contributed by atoms with Crippen LogP contribution in [0.4, 0.5) is 4.39 Å². The average molecular weight is 335 g/mol. The van der Waals surface area contributed by atoms with Gasteiger partial charge in [0.25, 0.3) is 0 Å². The highest BCUT2D eigenvalue weighted by Gasteiger charge is 2.37. The van der Waals surface area contributed by atoms with Crippen molar-refractivity contribution >= 4 is 21.6 Å². The maximum Gasteiger partial charge on any atom is 0.246 e. The Kier molecular flexibility index (Phi) is 5.24. The van der Waals surface area contributed by atoms with E-state index in [1.807, 2.05) is 0 Å². The van der Waals surface area contributed by atoms with Crippen LogP contribution in [0.5, 0.6) is 0 Å². The van der Waals surface area contributed by atoms with Crippen molar-refractivity contribution < 1.29 is 12.8 Å². The van der Waals surface area contributed by atoms with Gasteiger partial charge in [0, 0.05) is 19.1 Å². The third-order valence-corrected chi connectivity index (χ3v) is 6.38. The monoisotopic (exact) mass is 334 g/mol. The van der Waals surface area contributed by atoms with Crippen LogP contribution >= 0.6 is 11.6 Å². The molecule has 1 fully saturated rings. The molecule has 0 bridgehead atoms. The number of halogens is 2. The number of rotatable bonds is 4. The number of sulfonamides is 1. The molecule has 2 rings (SSSR count). The molecular weight excluding hydrogens is 315 g/mol. The Balaban J connectivity index is 2.37. The van der Waals surface area contributed by atoms with E-state index in [1.54, 1.807) is 0 Å². The lowest BCUT2D eigenvalue weighted by Crippen LogP contribution is -2.49. The van der Waals surface area contributed by atoms with Gasteiger partial charge in [0.15, 0.2) is 5.82 Å². The van der Waals surface area contributed by atoms with Gasteiger partial charge in [0.1, 0.15) is 4.90 Å². The topological polar surface area (TPSA) is 63.4 Å². The summed E-state index contributed by atoms with van der Waals surface area (Å²) in [6.45, 7) is 2.69. The van der Waals surface area contributed by atoms with Crippen LogP contribution in [-0.2, 0) is 10.0 Å². The summed E-state index contributed by atoms with van der Waals surface area (Å²) >= 11 is 5.69. The molecule has 1 aliphatic rings. The molecule has 1 saturated heterocycles. The van der Waals surface area contributed by atoms with Crippen molar-refractivity contribution in [2.45, 2.75) is 37.1 Å². The highest BCUT2D eigenvalue weighted by Crippen LogP contribution is 2.31. The maximum absolute atomic E-state index is 14.1. The molecule has 118 valence electrons. The van der Waals surface area contributed by atoms with E-state index in [2.05, 4.69) is 6.92 Å². The second kappa shape index (κ2) is 6.60. The number of piperidine rings is 1. The first kappa shape index (κ1) is 16.7. The Morgan fingerprint density at radius 2 is 2.19 bits per heavy atom. The number of nitrogens with two attached hydrogens (primary N) is 1.